The lowest BCUT2D eigenvalue weighted by atomic mass is 9.73. The van der Waals surface area contributed by atoms with Crippen molar-refractivity contribution < 1.29 is 13.9 Å². The van der Waals surface area contributed by atoms with Crippen LogP contribution in [0.2, 0.25) is 58.9 Å². The van der Waals surface area contributed by atoms with E-state index in [1.165, 1.54) is 16.7 Å². The highest BCUT2D eigenvalue weighted by atomic mass is 28.4. The van der Waals surface area contributed by atoms with E-state index in [4.69, 9.17) is 13.9 Å². The second-order valence-electron chi connectivity index (χ2n) is 12.1. The van der Waals surface area contributed by atoms with Gasteiger partial charge in [-0.2, -0.15) is 0 Å². The van der Waals surface area contributed by atoms with Crippen LogP contribution in [0.5, 0.6) is 11.5 Å². The number of rotatable bonds is 5. The van der Waals surface area contributed by atoms with Crippen molar-refractivity contribution in [3.05, 3.63) is 45.3 Å². The molecule has 3 atom stereocenters. The summed E-state index contributed by atoms with van der Waals surface area (Å²) >= 11 is 0. The number of methoxy groups -OCH3 is 1. The monoisotopic (exact) mass is 458 g/mol. The average Bonchev–Trinajstić information content (AvgIpc) is 2.97. The summed E-state index contributed by atoms with van der Waals surface area (Å²) in [6.45, 7) is 21.8. The van der Waals surface area contributed by atoms with E-state index in [0.717, 1.165) is 17.9 Å². The molecule has 0 unspecified atom stereocenters. The second kappa shape index (κ2) is 6.95. The fraction of sp³-hybridized carbons (Fsp3) is 0.583. The first-order valence-electron chi connectivity index (χ1n) is 11.2. The SMILES string of the molecule is COc1ccc2c3c1O[C@H]1C([Si](C)(C)C)=C([Si](C)(C)C)C=C([C@H](O[Si](C)(C)C)C2)[C@@H]31. The molecule has 164 valence electrons. The van der Waals surface area contributed by atoms with Crippen molar-refractivity contribution >= 4 is 24.5 Å². The number of ether oxygens (including phenoxy) is 2. The highest BCUT2D eigenvalue weighted by Gasteiger charge is 2.53. The van der Waals surface area contributed by atoms with Crippen LogP contribution in [0.15, 0.2) is 34.2 Å². The smallest absolute Gasteiger partial charge is 0.184 e. The molecule has 6 heteroatoms. The van der Waals surface area contributed by atoms with Gasteiger partial charge in [0.25, 0.3) is 0 Å². The number of benzene rings is 1. The van der Waals surface area contributed by atoms with Crippen LogP contribution in [0.4, 0.5) is 0 Å². The molecular formula is C24H38O3Si3. The van der Waals surface area contributed by atoms with E-state index < -0.39 is 24.5 Å². The summed E-state index contributed by atoms with van der Waals surface area (Å²) in [5.74, 6) is 2.13. The van der Waals surface area contributed by atoms with Crippen LogP contribution in [-0.2, 0) is 10.8 Å². The molecule has 30 heavy (non-hydrogen) atoms. The lowest BCUT2D eigenvalue weighted by Gasteiger charge is -2.44. The van der Waals surface area contributed by atoms with Gasteiger partial charge in [-0.1, -0.05) is 56.6 Å². The molecule has 1 aromatic carbocycles. The first-order valence-corrected chi connectivity index (χ1v) is 21.6. The summed E-state index contributed by atoms with van der Waals surface area (Å²) in [6, 6.07) is 4.33. The Balaban J connectivity index is 1.99. The molecule has 3 nitrogen and oxygen atoms in total. The Labute approximate surface area is 185 Å². The van der Waals surface area contributed by atoms with Crippen LogP contribution in [0.3, 0.4) is 0 Å². The van der Waals surface area contributed by atoms with Crippen LogP contribution >= 0.6 is 0 Å². The zero-order chi connectivity index (χ0) is 22.2. The molecule has 4 rings (SSSR count). The highest BCUT2D eigenvalue weighted by Crippen LogP contribution is 2.58. The maximum absolute atomic E-state index is 6.86. The summed E-state index contributed by atoms with van der Waals surface area (Å²) < 4.78 is 19.4. The fourth-order valence-electron chi connectivity index (χ4n) is 5.42. The molecule has 0 aromatic heterocycles. The first-order chi connectivity index (χ1) is 13.7. The molecule has 1 aromatic rings. The van der Waals surface area contributed by atoms with E-state index in [2.05, 4.69) is 77.1 Å². The first kappa shape index (κ1) is 22.1. The Morgan fingerprint density at radius 2 is 1.60 bits per heavy atom. The van der Waals surface area contributed by atoms with Crippen LogP contribution < -0.4 is 9.47 Å². The Morgan fingerprint density at radius 1 is 0.933 bits per heavy atom. The summed E-state index contributed by atoms with van der Waals surface area (Å²) in [4.78, 5) is 0. The van der Waals surface area contributed by atoms with Crippen LogP contribution in [0.25, 0.3) is 0 Å². The van der Waals surface area contributed by atoms with Crippen molar-refractivity contribution in [2.45, 2.75) is 83.5 Å². The van der Waals surface area contributed by atoms with Crippen molar-refractivity contribution in [3.8, 4) is 11.5 Å². The molecule has 0 saturated heterocycles. The Kier molecular flexibility index (Phi) is 5.13. The summed E-state index contributed by atoms with van der Waals surface area (Å²) in [5, 5.41) is 3.23. The van der Waals surface area contributed by atoms with E-state index in [1.54, 1.807) is 17.5 Å². The van der Waals surface area contributed by atoms with E-state index >= 15 is 0 Å². The zero-order valence-electron chi connectivity index (χ0n) is 20.4. The molecule has 0 fully saturated rings. The molecule has 1 aliphatic heterocycles. The third-order valence-electron chi connectivity index (χ3n) is 6.46. The number of hydrogen-bond donors (Lipinski definition) is 0. The molecule has 0 amide bonds. The standard InChI is InChI=1S/C24H38O3Si3/c1-25-17-12-11-15-13-18(27-30(8,9)10)16-14-19(28(2,3)4)24(29(5,6)7)23-21(16)20(15)22(17)26-23/h11-12,14,18,21,23H,13H2,1-10H3/t18-,21+,23-/m1/s1. The van der Waals surface area contributed by atoms with Gasteiger partial charge in [0.15, 0.2) is 19.8 Å². The Morgan fingerprint density at radius 3 is 2.13 bits per heavy atom. The third kappa shape index (κ3) is 3.59. The minimum Gasteiger partial charge on any atom is -0.493 e. The lowest BCUT2D eigenvalue weighted by molar-refractivity contribution is 0.193. The topological polar surface area (TPSA) is 27.7 Å². The van der Waals surface area contributed by atoms with Crippen molar-refractivity contribution in [1.29, 1.82) is 0 Å². The Hall–Kier alpha value is -1.09. The van der Waals surface area contributed by atoms with Crippen LogP contribution in [-0.4, -0.2) is 43.8 Å². The van der Waals surface area contributed by atoms with Gasteiger partial charge >= 0.3 is 0 Å². The van der Waals surface area contributed by atoms with Crippen molar-refractivity contribution in [2.75, 3.05) is 7.11 Å². The number of hydrogen-bond acceptors (Lipinski definition) is 3. The van der Waals surface area contributed by atoms with Gasteiger partial charge in [-0.05, 0) is 42.0 Å². The molecule has 1 heterocycles. The zero-order valence-corrected chi connectivity index (χ0v) is 23.4. The van der Waals surface area contributed by atoms with Crippen LogP contribution in [0, 0.1) is 0 Å². The van der Waals surface area contributed by atoms with Crippen molar-refractivity contribution in [2.24, 2.45) is 0 Å². The molecule has 0 bridgehead atoms. The third-order valence-corrected chi connectivity index (χ3v) is 11.9. The Bertz CT molecular complexity index is 942. The molecular weight excluding hydrogens is 421 g/mol. The van der Waals surface area contributed by atoms with Crippen molar-refractivity contribution in [3.63, 3.8) is 0 Å². The van der Waals surface area contributed by atoms with Gasteiger partial charge in [0.1, 0.15) is 6.10 Å². The minimum atomic E-state index is -1.69. The summed E-state index contributed by atoms with van der Waals surface area (Å²) in [6.07, 6.45) is 3.79. The largest absolute Gasteiger partial charge is 0.493 e. The average molecular weight is 459 g/mol. The van der Waals surface area contributed by atoms with E-state index in [1.807, 2.05) is 0 Å². The molecule has 2 aliphatic carbocycles. The van der Waals surface area contributed by atoms with Gasteiger partial charge in [0, 0.05) is 12.0 Å². The molecule has 0 spiro atoms. The van der Waals surface area contributed by atoms with E-state index in [-0.39, 0.29) is 18.1 Å². The fourth-order valence-corrected chi connectivity index (χ4v) is 12.3. The van der Waals surface area contributed by atoms with E-state index in [9.17, 15) is 0 Å². The second-order valence-corrected chi connectivity index (χ2v) is 26.6. The van der Waals surface area contributed by atoms with Crippen LogP contribution in [0.1, 0.15) is 17.0 Å². The van der Waals surface area contributed by atoms with Gasteiger partial charge in [0.2, 0.25) is 0 Å². The van der Waals surface area contributed by atoms with Gasteiger partial charge in [0.05, 0.1) is 35.3 Å². The summed E-state index contributed by atoms with van der Waals surface area (Å²) in [5.41, 5.74) is 4.21. The van der Waals surface area contributed by atoms with Gasteiger partial charge in [-0.25, -0.2) is 0 Å². The lowest BCUT2D eigenvalue weighted by Crippen LogP contribution is -2.47. The van der Waals surface area contributed by atoms with Gasteiger partial charge in [-0.15, -0.1) is 0 Å². The molecule has 3 aliphatic rings. The maximum Gasteiger partial charge on any atom is 0.184 e. The molecule has 0 N–H and O–H groups in total. The quantitative estimate of drug-likeness (QED) is 0.484. The van der Waals surface area contributed by atoms with Gasteiger partial charge < -0.3 is 13.9 Å². The van der Waals surface area contributed by atoms with E-state index in [0.29, 0.717) is 0 Å². The predicted molar refractivity (Wildman–Crippen MR) is 134 cm³/mol. The highest BCUT2D eigenvalue weighted by molar-refractivity contribution is 6.90. The summed E-state index contributed by atoms with van der Waals surface area (Å²) in [7, 11) is -3.10. The molecule has 0 radical (unpaired) electrons. The van der Waals surface area contributed by atoms with Gasteiger partial charge in [-0.3, -0.25) is 0 Å². The normalized spacial score (nSPS) is 25.7. The minimum absolute atomic E-state index is 0.108. The molecule has 0 saturated carbocycles. The maximum atomic E-state index is 6.86. The predicted octanol–water partition coefficient (Wildman–Crippen LogP) is 6.31. The van der Waals surface area contributed by atoms with Crippen molar-refractivity contribution in [1.82, 2.24) is 0 Å². The number of allylic oxidation sites excluding steroid dienone is 2.